The van der Waals surface area contributed by atoms with E-state index in [-0.39, 0.29) is 5.91 Å². The number of anilines is 1. The van der Waals surface area contributed by atoms with Crippen LogP contribution in [0.3, 0.4) is 0 Å². The third-order valence-corrected chi connectivity index (χ3v) is 3.20. The van der Waals surface area contributed by atoms with E-state index in [0.29, 0.717) is 24.9 Å². The molecule has 0 atom stereocenters. The molecule has 4 nitrogen and oxygen atoms in total. The molecule has 0 saturated heterocycles. The lowest BCUT2D eigenvalue weighted by molar-refractivity contribution is -0.140. The Bertz CT molecular complexity index is 446. The fraction of sp³-hybridized carbons (Fsp3) is 0.385. The van der Waals surface area contributed by atoms with E-state index >= 15 is 0 Å². The fourth-order valence-electron chi connectivity index (χ4n) is 1.87. The van der Waals surface area contributed by atoms with Crippen LogP contribution < -0.4 is 5.32 Å². The first-order chi connectivity index (χ1) is 8.08. The van der Waals surface area contributed by atoms with Crippen LogP contribution in [-0.2, 0) is 15.0 Å². The van der Waals surface area contributed by atoms with Gasteiger partial charge in [-0.25, -0.2) is 0 Å². The number of benzene rings is 1. The second-order valence-electron chi connectivity index (χ2n) is 4.37. The summed E-state index contributed by atoms with van der Waals surface area (Å²) in [6, 6.07) is 7.08. The van der Waals surface area contributed by atoms with E-state index in [2.05, 4.69) is 5.32 Å². The number of nitrogens with one attached hydrogen (secondary N) is 1. The zero-order chi connectivity index (χ0) is 12.5. The Morgan fingerprint density at radius 3 is 2.29 bits per heavy atom. The molecular formula is C13H15NO3. The smallest absolute Gasteiger partial charge is 0.314 e. The Hall–Kier alpha value is -1.84. The summed E-state index contributed by atoms with van der Waals surface area (Å²) in [4.78, 5) is 22.3. The van der Waals surface area contributed by atoms with Gasteiger partial charge in [-0.15, -0.1) is 0 Å². The summed E-state index contributed by atoms with van der Waals surface area (Å²) in [6.45, 7) is 1.79. The number of rotatable bonds is 4. The van der Waals surface area contributed by atoms with Crippen LogP contribution in [0.25, 0.3) is 0 Å². The number of carbonyl (C=O) groups is 2. The highest BCUT2D eigenvalue weighted by Gasteiger charge is 2.51. The number of hydrogen-bond acceptors (Lipinski definition) is 2. The van der Waals surface area contributed by atoms with E-state index in [1.165, 1.54) is 0 Å². The fourth-order valence-corrected chi connectivity index (χ4v) is 1.87. The molecule has 0 aliphatic heterocycles. The molecule has 0 spiro atoms. The number of aliphatic carboxylic acids is 1. The molecule has 1 aliphatic carbocycles. The van der Waals surface area contributed by atoms with Crippen LogP contribution in [0.15, 0.2) is 24.3 Å². The largest absolute Gasteiger partial charge is 0.481 e. The Kier molecular flexibility index (Phi) is 2.88. The molecule has 1 saturated carbocycles. The van der Waals surface area contributed by atoms with E-state index in [9.17, 15) is 9.59 Å². The van der Waals surface area contributed by atoms with Crippen molar-refractivity contribution < 1.29 is 14.7 Å². The quantitative estimate of drug-likeness (QED) is 0.837. The van der Waals surface area contributed by atoms with Gasteiger partial charge in [-0.05, 0) is 30.5 Å². The first kappa shape index (κ1) is 11.6. The molecule has 2 rings (SSSR count). The average Bonchev–Trinajstić information content (AvgIpc) is 3.11. The van der Waals surface area contributed by atoms with Crippen molar-refractivity contribution >= 4 is 17.6 Å². The van der Waals surface area contributed by atoms with Crippen molar-refractivity contribution in [3.8, 4) is 0 Å². The van der Waals surface area contributed by atoms with Crippen molar-refractivity contribution in [3.05, 3.63) is 29.8 Å². The minimum absolute atomic E-state index is 0.0443. The molecule has 0 aromatic heterocycles. The Labute approximate surface area is 99.6 Å². The summed E-state index contributed by atoms with van der Waals surface area (Å²) < 4.78 is 0. The molecule has 17 heavy (non-hydrogen) atoms. The molecule has 0 unspecified atom stereocenters. The minimum Gasteiger partial charge on any atom is -0.481 e. The topological polar surface area (TPSA) is 66.4 Å². The third-order valence-electron chi connectivity index (χ3n) is 3.20. The Morgan fingerprint density at radius 1 is 1.29 bits per heavy atom. The molecule has 1 aromatic carbocycles. The molecule has 2 N–H and O–H groups in total. The van der Waals surface area contributed by atoms with Crippen LogP contribution in [0.5, 0.6) is 0 Å². The maximum atomic E-state index is 11.2. The van der Waals surface area contributed by atoms with Crippen molar-refractivity contribution in [3.63, 3.8) is 0 Å². The number of hydrogen-bond donors (Lipinski definition) is 2. The summed E-state index contributed by atoms with van der Waals surface area (Å²) >= 11 is 0. The maximum absolute atomic E-state index is 11.2. The summed E-state index contributed by atoms with van der Waals surface area (Å²) in [5.41, 5.74) is 0.856. The Balaban J connectivity index is 2.14. The maximum Gasteiger partial charge on any atom is 0.314 e. The van der Waals surface area contributed by atoms with Gasteiger partial charge in [0, 0.05) is 12.1 Å². The highest BCUT2D eigenvalue weighted by Crippen LogP contribution is 2.48. The summed E-state index contributed by atoms with van der Waals surface area (Å²) in [5.74, 6) is -0.806. The molecule has 0 radical (unpaired) electrons. The van der Waals surface area contributed by atoms with Gasteiger partial charge in [0.1, 0.15) is 0 Å². The van der Waals surface area contributed by atoms with E-state index < -0.39 is 11.4 Å². The van der Waals surface area contributed by atoms with Crippen molar-refractivity contribution in [1.29, 1.82) is 0 Å². The molecule has 90 valence electrons. The van der Waals surface area contributed by atoms with Crippen LogP contribution in [0.2, 0.25) is 0 Å². The van der Waals surface area contributed by atoms with Crippen molar-refractivity contribution in [2.24, 2.45) is 0 Å². The SMILES string of the molecule is CCC(=O)Nc1ccc(C2(C(=O)O)CC2)cc1. The van der Waals surface area contributed by atoms with Crippen LogP contribution in [0.4, 0.5) is 5.69 Å². The minimum atomic E-state index is -0.761. The first-order valence-electron chi connectivity index (χ1n) is 5.72. The molecule has 1 amide bonds. The lowest BCUT2D eigenvalue weighted by Crippen LogP contribution is -2.19. The van der Waals surface area contributed by atoms with Crippen LogP contribution in [-0.4, -0.2) is 17.0 Å². The van der Waals surface area contributed by atoms with E-state index in [4.69, 9.17) is 5.11 Å². The molecule has 0 bridgehead atoms. The average molecular weight is 233 g/mol. The van der Waals surface area contributed by atoms with Gasteiger partial charge in [-0.3, -0.25) is 9.59 Å². The van der Waals surface area contributed by atoms with Gasteiger partial charge in [-0.2, -0.15) is 0 Å². The molecule has 0 heterocycles. The van der Waals surface area contributed by atoms with E-state index in [0.717, 1.165) is 5.56 Å². The molecule has 1 fully saturated rings. The van der Waals surface area contributed by atoms with Crippen LogP contribution in [0, 0.1) is 0 Å². The van der Waals surface area contributed by atoms with Gasteiger partial charge in [0.25, 0.3) is 0 Å². The van der Waals surface area contributed by atoms with Gasteiger partial charge in [0.15, 0.2) is 0 Å². The van der Waals surface area contributed by atoms with Gasteiger partial charge in [0.2, 0.25) is 5.91 Å². The molecular weight excluding hydrogens is 218 g/mol. The number of carboxylic acids is 1. The van der Waals surface area contributed by atoms with Crippen LogP contribution in [0.1, 0.15) is 31.7 Å². The zero-order valence-electron chi connectivity index (χ0n) is 9.69. The normalized spacial score (nSPS) is 16.3. The summed E-state index contributed by atoms with van der Waals surface area (Å²) in [5, 5.41) is 11.9. The van der Waals surface area contributed by atoms with Gasteiger partial charge in [0.05, 0.1) is 5.41 Å². The zero-order valence-corrected chi connectivity index (χ0v) is 9.69. The monoisotopic (exact) mass is 233 g/mol. The third kappa shape index (κ3) is 2.16. The molecule has 1 aromatic rings. The van der Waals surface area contributed by atoms with Gasteiger partial charge < -0.3 is 10.4 Å². The second kappa shape index (κ2) is 4.20. The van der Waals surface area contributed by atoms with Gasteiger partial charge >= 0.3 is 5.97 Å². The van der Waals surface area contributed by atoms with Gasteiger partial charge in [-0.1, -0.05) is 19.1 Å². The standard InChI is InChI=1S/C13H15NO3/c1-2-11(15)14-10-5-3-9(4-6-10)13(7-8-13)12(16)17/h3-6H,2,7-8H2,1H3,(H,14,15)(H,16,17). The van der Waals surface area contributed by atoms with Crippen molar-refractivity contribution in [1.82, 2.24) is 0 Å². The Morgan fingerprint density at radius 2 is 1.88 bits per heavy atom. The lowest BCUT2D eigenvalue weighted by atomic mass is 9.96. The van der Waals surface area contributed by atoms with Crippen molar-refractivity contribution in [2.45, 2.75) is 31.6 Å². The summed E-state index contributed by atoms with van der Waals surface area (Å²) in [7, 11) is 0. The number of carbonyl (C=O) groups excluding carboxylic acids is 1. The van der Waals surface area contributed by atoms with E-state index in [1.54, 1.807) is 31.2 Å². The summed E-state index contributed by atoms with van der Waals surface area (Å²) in [6.07, 6.45) is 1.83. The van der Waals surface area contributed by atoms with E-state index in [1.807, 2.05) is 0 Å². The lowest BCUT2D eigenvalue weighted by Gasteiger charge is -2.11. The highest BCUT2D eigenvalue weighted by molar-refractivity contribution is 5.90. The van der Waals surface area contributed by atoms with Crippen LogP contribution >= 0.6 is 0 Å². The molecule has 4 heteroatoms. The second-order valence-corrected chi connectivity index (χ2v) is 4.37. The number of amides is 1. The predicted octanol–water partition coefficient (Wildman–Crippen LogP) is 2.15. The van der Waals surface area contributed by atoms with Crippen molar-refractivity contribution in [2.75, 3.05) is 5.32 Å². The number of carboxylic acid groups (broad SMARTS) is 1. The highest BCUT2D eigenvalue weighted by atomic mass is 16.4. The molecule has 1 aliphatic rings. The predicted molar refractivity (Wildman–Crippen MR) is 63.9 cm³/mol. The first-order valence-corrected chi connectivity index (χ1v) is 5.72.